The SMILES string of the molecule is COc1ccc(C2=N[C@@H](c3ccc(Cl)cc3)[C@@H](c3ccc(Cl)cc3)N2C(=O)N2CCN(CC(=O)N3CCOCC3)CC2)c(OC(C)C)c1. The largest absolute Gasteiger partial charge is 0.497 e. The second kappa shape index (κ2) is 15.2. The summed E-state index contributed by atoms with van der Waals surface area (Å²) in [7, 11) is 1.61. The molecule has 12 heteroatoms. The van der Waals surface area contributed by atoms with Gasteiger partial charge in [-0.05, 0) is 61.4 Å². The number of carbonyl (C=O) groups excluding carboxylic acids is 2. The van der Waals surface area contributed by atoms with Gasteiger partial charge in [0.15, 0.2) is 0 Å². The van der Waals surface area contributed by atoms with E-state index < -0.39 is 12.1 Å². The van der Waals surface area contributed by atoms with Crippen molar-refractivity contribution in [3.05, 3.63) is 93.5 Å². The molecule has 2 atom stereocenters. The summed E-state index contributed by atoms with van der Waals surface area (Å²) in [5.74, 6) is 1.80. The van der Waals surface area contributed by atoms with Crippen LogP contribution in [0.2, 0.25) is 10.0 Å². The lowest BCUT2D eigenvalue weighted by Gasteiger charge is -2.39. The van der Waals surface area contributed by atoms with E-state index >= 15 is 0 Å². The first-order valence-electron chi connectivity index (χ1n) is 16.3. The summed E-state index contributed by atoms with van der Waals surface area (Å²) in [6.45, 7) is 8.70. The smallest absolute Gasteiger partial charge is 0.326 e. The number of piperazine rings is 1. The quantitative estimate of drug-likeness (QED) is 0.291. The van der Waals surface area contributed by atoms with Gasteiger partial charge in [-0.25, -0.2) is 4.79 Å². The van der Waals surface area contributed by atoms with E-state index in [9.17, 15) is 9.59 Å². The molecule has 3 aliphatic rings. The van der Waals surface area contributed by atoms with Gasteiger partial charge in [0, 0.05) is 55.4 Å². The fourth-order valence-corrected chi connectivity index (χ4v) is 6.63. The van der Waals surface area contributed by atoms with Gasteiger partial charge in [-0.3, -0.25) is 19.6 Å². The summed E-state index contributed by atoms with van der Waals surface area (Å²) in [5.41, 5.74) is 2.49. The highest BCUT2D eigenvalue weighted by Crippen LogP contribution is 2.46. The van der Waals surface area contributed by atoms with Gasteiger partial charge in [0.25, 0.3) is 0 Å². The topological polar surface area (TPSA) is 87.2 Å². The summed E-state index contributed by atoms with van der Waals surface area (Å²) in [4.78, 5) is 40.7. The number of methoxy groups -OCH3 is 1. The number of carbonyl (C=O) groups is 2. The molecule has 48 heavy (non-hydrogen) atoms. The molecule has 254 valence electrons. The highest BCUT2D eigenvalue weighted by atomic mass is 35.5. The summed E-state index contributed by atoms with van der Waals surface area (Å²) < 4.78 is 17.2. The van der Waals surface area contributed by atoms with E-state index in [-0.39, 0.29) is 18.0 Å². The number of nitrogens with zero attached hydrogens (tertiary/aromatic N) is 5. The normalized spacial score (nSPS) is 20.2. The van der Waals surface area contributed by atoms with Crippen LogP contribution in [0.15, 0.2) is 71.7 Å². The van der Waals surface area contributed by atoms with Gasteiger partial charge in [-0.1, -0.05) is 47.5 Å². The molecule has 0 bridgehead atoms. The van der Waals surface area contributed by atoms with Gasteiger partial charge >= 0.3 is 6.03 Å². The Morgan fingerprint density at radius 2 is 1.48 bits per heavy atom. The van der Waals surface area contributed by atoms with Crippen molar-refractivity contribution in [2.75, 3.05) is 66.1 Å². The average molecular weight is 695 g/mol. The molecular formula is C36H41Cl2N5O5. The Bertz CT molecular complexity index is 1620. The van der Waals surface area contributed by atoms with Gasteiger partial charge in [0.05, 0.1) is 44.6 Å². The second-order valence-corrected chi connectivity index (χ2v) is 13.3. The fraction of sp³-hybridized carbons (Fsp3) is 0.417. The first-order chi connectivity index (χ1) is 23.2. The lowest BCUT2D eigenvalue weighted by molar-refractivity contribution is -0.136. The minimum absolute atomic E-state index is 0.0952. The molecule has 0 aromatic heterocycles. The van der Waals surface area contributed by atoms with Gasteiger partial charge in [-0.2, -0.15) is 0 Å². The molecule has 0 unspecified atom stereocenters. The summed E-state index contributed by atoms with van der Waals surface area (Å²) in [6, 6.07) is 19.6. The molecule has 3 amide bonds. The number of amidine groups is 1. The molecule has 3 heterocycles. The maximum atomic E-state index is 14.8. The standard InChI is InChI=1S/C36H41Cl2N5O5/c1-24(2)48-31-22-29(46-3)12-13-30(31)35-39-33(25-4-8-27(37)9-5-25)34(26-6-10-28(38)11-7-26)43(35)36(45)42-16-14-40(15-17-42)23-32(44)41-18-20-47-21-19-41/h4-13,22,24,33-34H,14-21,23H2,1-3H3/t33-,34+/m0/s1. The molecule has 3 aromatic rings. The lowest BCUT2D eigenvalue weighted by Crippen LogP contribution is -2.56. The molecule has 0 radical (unpaired) electrons. The van der Waals surface area contributed by atoms with Crippen LogP contribution in [0.3, 0.4) is 0 Å². The third kappa shape index (κ3) is 7.57. The summed E-state index contributed by atoms with van der Waals surface area (Å²) in [5, 5.41) is 1.22. The number of hydrogen-bond acceptors (Lipinski definition) is 7. The maximum absolute atomic E-state index is 14.8. The number of amides is 3. The number of halogens is 2. The number of ether oxygens (including phenoxy) is 3. The Labute approximate surface area is 291 Å². The fourth-order valence-electron chi connectivity index (χ4n) is 6.37. The lowest BCUT2D eigenvalue weighted by atomic mass is 9.93. The molecule has 0 N–H and O–H groups in total. The van der Waals surface area contributed by atoms with Gasteiger partial charge < -0.3 is 24.0 Å². The number of hydrogen-bond donors (Lipinski definition) is 0. The third-order valence-corrected chi connectivity index (χ3v) is 9.36. The van der Waals surface area contributed by atoms with Crippen molar-refractivity contribution in [2.45, 2.75) is 32.0 Å². The van der Waals surface area contributed by atoms with E-state index in [1.165, 1.54) is 0 Å². The van der Waals surface area contributed by atoms with E-state index in [0.717, 1.165) is 11.1 Å². The maximum Gasteiger partial charge on any atom is 0.326 e. The van der Waals surface area contributed by atoms with E-state index in [1.54, 1.807) is 12.0 Å². The molecule has 2 fully saturated rings. The van der Waals surface area contributed by atoms with E-state index in [4.69, 9.17) is 42.4 Å². The van der Waals surface area contributed by atoms with Crippen LogP contribution >= 0.6 is 23.2 Å². The monoisotopic (exact) mass is 693 g/mol. The minimum atomic E-state index is -0.485. The van der Waals surface area contributed by atoms with Crippen LogP contribution in [-0.2, 0) is 9.53 Å². The van der Waals surface area contributed by atoms with Crippen molar-refractivity contribution in [3.8, 4) is 11.5 Å². The van der Waals surface area contributed by atoms with Gasteiger partial charge in [-0.15, -0.1) is 0 Å². The van der Waals surface area contributed by atoms with Crippen LogP contribution in [0.5, 0.6) is 11.5 Å². The highest BCUT2D eigenvalue weighted by Gasteiger charge is 2.45. The predicted molar refractivity (Wildman–Crippen MR) is 186 cm³/mol. The predicted octanol–water partition coefficient (Wildman–Crippen LogP) is 5.93. The molecule has 0 spiro atoms. The molecule has 3 aliphatic heterocycles. The number of aliphatic imine (C=N–C) groups is 1. The van der Waals surface area contributed by atoms with Crippen molar-refractivity contribution in [1.82, 2.24) is 19.6 Å². The van der Waals surface area contributed by atoms with Crippen molar-refractivity contribution >= 4 is 41.0 Å². The van der Waals surface area contributed by atoms with Crippen molar-refractivity contribution in [2.24, 2.45) is 4.99 Å². The van der Waals surface area contributed by atoms with Crippen molar-refractivity contribution < 1.29 is 23.8 Å². The molecule has 2 saturated heterocycles. The summed E-state index contributed by atoms with van der Waals surface area (Å²) in [6.07, 6.45) is -0.130. The number of rotatable bonds is 8. The van der Waals surface area contributed by atoms with Crippen LogP contribution in [-0.4, -0.2) is 110 Å². The third-order valence-electron chi connectivity index (χ3n) is 8.85. The van der Waals surface area contributed by atoms with Crippen molar-refractivity contribution in [1.29, 1.82) is 0 Å². The first-order valence-corrected chi connectivity index (χ1v) is 17.1. The van der Waals surface area contributed by atoms with Gasteiger partial charge in [0.2, 0.25) is 5.91 Å². The number of morpholine rings is 1. The van der Waals surface area contributed by atoms with E-state index in [2.05, 4.69) is 4.90 Å². The molecule has 10 nitrogen and oxygen atoms in total. The van der Waals surface area contributed by atoms with Crippen LogP contribution in [0.1, 0.15) is 42.6 Å². The molecule has 0 saturated carbocycles. The number of benzene rings is 3. The van der Waals surface area contributed by atoms with Crippen LogP contribution in [0.4, 0.5) is 4.79 Å². The molecule has 3 aromatic carbocycles. The summed E-state index contributed by atoms with van der Waals surface area (Å²) >= 11 is 12.6. The zero-order valence-electron chi connectivity index (χ0n) is 27.5. The molecule has 0 aliphatic carbocycles. The van der Waals surface area contributed by atoms with E-state index in [0.29, 0.717) is 92.0 Å². The van der Waals surface area contributed by atoms with E-state index in [1.807, 2.05) is 90.4 Å². The van der Waals surface area contributed by atoms with Crippen molar-refractivity contribution in [3.63, 3.8) is 0 Å². The Morgan fingerprint density at radius 1 is 0.854 bits per heavy atom. The Morgan fingerprint density at radius 3 is 2.08 bits per heavy atom. The Hall–Kier alpha value is -3.83. The van der Waals surface area contributed by atoms with Crippen LogP contribution in [0.25, 0.3) is 0 Å². The molecular weight excluding hydrogens is 653 g/mol. The Balaban J connectivity index is 1.36. The van der Waals surface area contributed by atoms with Crippen LogP contribution in [0, 0.1) is 0 Å². The minimum Gasteiger partial charge on any atom is -0.497 e. The highest BCUT2D eigenvalue weighted by molar-refractivity contribution is 6.30. The van der Waals surface area contributed by atoms with Gasteiger partial charge in [0.1, 0.15) is 23.4 Å². The molecule has 6 rings (SSSR count). The Kier molecular flexibility index (Phi) is 10.8. The zero-order chi connectivity index (χ0) is 33.8. The second-order valence-electron chi connectivity index (χ2n) is 12.4. The average Bonchev–Trinajstić information content (AvgIpc) is 3.49. The zero-order valence-corrected chi connectivity index (χ0v) is 29.0. The first kappa shape index (κ1) is 34.0. The van der Waals surface area contributed by atoms with Crippen LogP contribution < -0.4 is 9.47 Å². The number of urea groups is 1.